The summed E-state index contributed by atoms with van der Waals surface area (Å²) in [7, 11) is 3.61. The molecule has 8 heteroatoms. The molecule has 4 saturated carbocycles. The molecule has 384 valence electrons. The van der Waals surface area contributed by atoms with Gasteiger partial charge in [0.25, 0.3) is 0 Å². The standard InChI is InChI=1S/C26H29NO.C25H27NO.C7H15NO.C6H13NO/c1-28-25-19-17-24(18-20-25)27-26(21-11-5-2-6-12-21,22-13-7-3-8-14-22)23-15-9-4-10-16-23;27-24-18-16-23(17-19-24)26-25(20-10-4-1-5-11-20,21-12-6-2-7-13-21)22-14-8-3-9-15-22;1-9-7-4-2-6(8)3-5-7;7-5-1-3-6(8)4-2-5/h2-16,24-25,27H,17-20H2,1H3;1-15,23-24,26-27H,16-19H2;6-7H,2-5,8H2,1H3;5-6,8H,1-4,7H2. The lowest BCUT2D eigenvalue weighted by Crippen LogP contribution is -2.51. The van der Waals surface area contributed by atoms with Crippen LogP contribution in [0, 0.1) is 0 Å². The van der Waals surface area contributed by atoms with Crippen molar-refractivity contribution in [2.24, 2.45) is 11.5 Å². The summed E-state index contributed by atoms with van der Waals surface area (Å²) >= 11 is 0. The van der Waals surface area contributed by atoms with Crippen molar-refractivity contribution in [2.45, 2.75) is 162 Å². The Bertz CT molecular complexity index is 2130. The third-order valence-corrected chi connectivity index (χ3v) is 15.6. The van der Waals surface area contributed by atoms with Crippen molar-refractivity contribution in [3.8, 4) is 0 Å². The van der Waals surface area contributed by atoms with Gasteiger partial charge in [-0.2, -0.15) is 0 Å². The lowest BCUT2D eigenvalue weighted by Gasteiger charge is -2.42. The molecule has 0 aliphatic heterocycles. The minimum atomic E-state index is -0.406. The van der Waals surface area contributed by atoms with E-state index in [2.05, 4.69) is 193 Å². The molecule has 4 aliphatic carbocycles. The number of methoxy groups -OCH3 is 2. The maximum Gasteiger partial charge on any atom is 0.0950 e. The Balaban J connectivity index is 0.000000160. The monoisotopic (exact) mass is 973 g/mol. The molecular weight excluding hydrogens is 889 g/mol. The molecule has 0 atom stereocenters. The average Bonchev–Trinajstić information content (AvgIpc) is 3.45. The van der Waals surface area contributed by atoms with Gasteiger partial charge in [-0.15, -0.1) is 0 Å². The lowest BCUT2D eigenvalue weighted by atomic mass is 9.75. The maximum absolute atomic E-state index is 9.95. The van der Waals surface area contributed by atoms with Gasteiger partial charge in [-0.25, -0.2) is 0 Å². The molecule has 0 radical (unpaired) electrons. The molecule has 6 aromatic carbocycles. The number of aliphatic hydroxyl groups excluding tert-OH is 2. The average molecular weight is 973 g/mol. The van der Waals surface area contributed by atoms with Crippen molar-refractivity contribution in [1.82, 2.24) is 10.6 Å². The van der Waals surface area contributed by atoms with Crippen LogP contribution in [0.5, 0.6) is 0 Å². The third kappa shape index (κ3) is 15.1. The van der Waals surface area contributed by atoms with Crippen LogP contribution >= 0.6 is 0 Å². The number of hydrogen-bond donors (Lipinski definition) is 6. The molecule has 4 fully saturated rings. The van der Waals surface area contributed by atoms with E-state index in [0.29, 0.717) is 36.4 Å². The number of nitrogens with two attached hydrogens (primary N) is 2. The van der Waals surface area contributed by atoms with Crippen molar-refractivity contribution in [1.29, 1.82) is 0 Å². The van der Waals surface area contributed by atoms with E-state index in [4.69, 9.17) is 26.0 Å². The van der Waals surface area contributed by atoms with Gasteiger partial charge in [-0.1, -0.05) is 182 Å². The zero-order chi connectivity index (χ0) is 50.4. The normalized spacial score (nSPS) is 24.4. The minimum absolute atomic E-state index is 0.0604. The fraction of sp³-hybridized carbons (Fsp3) is 0.438. The molecule has 0 bridgehead atoms. The number of ether oxygens (including phenoxy) is 2. The summed E-state index contributed by atoms with van der Waals surface area (Å²) < 4.78 is 10.8. The molecular formula is C64H84N4O4. The smallest absolute Gasteiger partial charge is 0.0950 e. The number of nitrogens with one attached hydrogen (secondary N) is 2. The predicted molar refractivity (Wildman–Crippen MR) is 296 cm³/mol. The van der Waals surface area contributed by atoms with Crippen LogP contribution in [0.2, 0.25) is 0 Å². The molecule has 0 spiro atoms. The highest BCUT2D eigenvalue weighted by atomic mass is 16.5. The molecule has 0 heterocycles. The van der Waals surface area contributed by atoms with E-state index in [1.54, 1.807) is 7.11 Å². The van der Waals surface area contributed by atoms with Crippen LogP contribution in [0.3, 0.4) is 0 Å². The second-order valence-electron chi connectivity index (χ2n) is 20.5. The summed E-state index contributed by atoms with van der Waals surface area (Å²) in [5.74, 6) is 0. The summed E-state index contributed by atoms with van der Waals surface area (Å²) in [5, 5.41) is 27.1. The molecule has 10 rings (SSSR count). The molecule has 4 aliphatic rings. The zero-order valence-corrected chi connectivity index (χ0v) is 43.1. The number of hydrogen-bond acceptors (Lipinski definition) is 8. The number of aliphatic hydroxyl groups is 2. The van der Waals surface area contributed by atoms with Crippen molar-refractivity contribution in [3.05, 3.63) is 215 Å². The first-order chi connectivity index (χ1) is 35.2. The zero-order valence-electron chi connectivity index (χ0n) is 43.1. The fourth-order valence-corrected chi connectivity index (χ4v) is 11.3. The van der Waals surface area contributed by atoms with Crippen LogP contribution in [-0.4, -0.2) is 73.0 Å². The van der Waals surface area contributed by atoms with Crippen LogP contribution in [0.25, 0.3) is 0 Å². The molecule has 8 N–H and O–H groups in total. The van der Waals surface area contributed by atoms with Gasteiger partial charge in [0.05, 0.1) is 35.5 Å². The van der Waals surface area contributed by atoms with Crippen LogP contribution in [0.1, 0.15) is 136 Å². The largest absolute Gasteiger partial charge is 0.393 e. The molecule has 8 nitrogen and oxygen atoms in total. The Morgan fingerprint density at radius 3 is 0.778 bits per heavy atom. The first-order valence-corrected chi connectivity index (χ1v) is 27.0. The van der Waals surface area contributed by atoms with Crippen LogP contribution in [0.15, 0.2) is 182 Å². The lowest BCUT2D eigenvalue weighted by molar-refractivity contribution is 0.0600. The highest BCUT2D eigenvalue weighted by Gasteiger charge is 2.40. The Kier molecular flexibility index (Phi) is 21.6. The maximum atomic E-state index is 9.95. The van der Waals surface area contributed by atoms with Gasteiger partial charge < -0.3 is 31.2 Å². The topological polar surface area (TPSA) is 135 Å². The molecule has 0 aromatic heterocycles. The summed E-state index contributed by atoms with van der Waals surface area (Å²) in [6.07, 6.45) is 17.3. The fourth-order valence-electron chi connectivity index (χ4n) is 11.3. The predicted octanol–water partition coefficient (Wildman–Crippen LogP) is 11.5. The molecule has 0 saturated heterocycles. The second-order valence-corrected chi connectivity index (χ2v) is 20.5. The number of rotatable bonds is 12. The van der Waals surface area contributed by atoms with Gasteiger partial charge in [0.1, 0.15) is 0 Å². The highest BCUT2D eigenvalue weighted by molar-refractivity contribution is 5.51. The van der Waals surface area contributed by atoms with Crippen LogP contribution in [-0.2, 0) is 20.6 Å². The Hall–Kier alpha value is -5.00. The van der Waals surface area contributed by atoms with Gasteiger partial charge in [-0.05, 0) is 136 Å². The van der Waals surface area contributed by atoms with E-state index in [-0.39, 0.29) is 17.7 Å². The van der Waals surface area contributed by atoms with Crippen molar-refractivity contribution in [2.75, 3.05) is 14.2 Å². The summed E-state index contributed by atoms with van der Waals surface area (Å²) in [5.41, 5.74) is 18.1. The van der Waals surface area contributed by atoms with Gasteiger partial charge in [-0.3, -0.25) is 10.6 Å². The minimum Gasteiger partial charge on any atom is -0.393 e. The third-order valence-electron chi connectivity index (χ3n) is 15.6. The molecule has 6 aromatic rings. The van der Waals surface area contributed by atoms with Gasteiger partial charge >= 0.3 is 0 Å². The quantitative estimate of drug-likeness (QED) is 0.0668. The Morgan fingerprint density at radius 1 is 0.333 bits per heavy atom. The van der Waals surface area contributed by atoms with E-state index >= 15 is 0 Å². The Morgan fingerprint density at radius 2 is 0.542 bits per heavy atom. The number of benzene rings is 6. The van der Waals surface area contributed by atoms with E-state index in [0.717, 1.165) is 103 Å². The SMILES string of the molecule is COC1CCC(N)CC1.COC1CCC(NC(c2ccccc2)(c2ccccc2)c2ccccc2)CC1.NC1CCC(O)CC1.OC1CCC(NC(c2ccccc2)(c2ccccc2)c2ccccc2)CC1. The summed E-state index contributed by atoms with van der Waals surface area (Å²) in [4.78, 5) is 0. The molecule has 0 unspecified atom stereocenters. The van der Waals surface area contributed by atoms with E-state index < -0.39 is 5.54 Å². The Labute approximate surface area is 432 Å². The van der Waals surface area contributed by atoms with Crippen molar-refractivity contribution < 1.29 is 19.7 Å². The van der Waals surface area contributed by atoms with Crippen molar-refractivity contribution in [3.63, 3.8) is 0 Å². The van der Waals surface area contributed by atoms with Crippen LogP contribution < -0.4 is 22.1 Å². The van der Waals surface area contributed by atoms with E-state index in [9.17, 15) is 5.11 Å². The first kappa shape index (κ1) is 54.8. The van der Waals surface area contributed by atoms with Crippen molar-refractivity contribution >= 4 is 0 Å². The highest BCUT2D eigenvalue weighted by Crippen LogP contribution is 2.40. The van der Waals surface area contributed by atoms with Gasteiger partial charge in [0, 0.05) is 38.4 Å². The van der Waals surface area contributed by atoms with E-state index in [1.165, 1.54) is 33.4 Å². The second kappa shape index (κ2) is 28.5. The van der Waals surface area contributed by atoms with E-state index in [1.807, 2.05) is 7.11 Å². The molecule has 72 heavy (non-hydrogen) atoms. The van der Waals surface area contributed by atoms with Crippen LogP contribution in [0.4, 0.5) is 0 Å². The molecule has 0 amide bonds. The summed E-state index contributed by atoms with van der Waals surface area (Å²) in [6, 6.07) is 66.4. The van der Waals surface area contributed by atoms with Gasteiger partial charge in [0.2, 0.25) is 0 Å². The summed E-state index contributed by atoms with van der Waals surface area (Å²) in [6.45, 7) is 0. The van der Waals surface area contributed by atoms with Gasteiger partial charge in [0.15, 0.2) is 0 Å². The first-order valence-electron chi connectivity index (χ1n) is 27.0.